The van der Waals surface area contributed by atoms with Gasteiger partial charge in [-0.3, -0.25) is 9.59 Å². The molecule has 0 amide bonds. The van der Waals surface area contributed by atoms with Gasteiger partial charge in [0.2, 0.25) is 0 Å². The normalized spacial score (nSPS) is 11.6. The smallest absolute Gasteiger partial charge is 0.314 e. The molecule has 0 spiro atoms. The predicted molar refractivity (Wildman–Crippen MR) is 149 cm³/mol. The van der Waals surface area contributed by atoms with Crippen molar-refractivity contribution >= 4 is 56.9 Å². The Balaban J connectivity index is 0.000000540. The predicted octanol–water partition coefficient (Wildman–Crippen LogP) is 6.67. The fourth-order valence-corrected chi connectivity index (χ4v) is 4.53. The molecular formula is C27H31ClINO5. The lowest BCUT2D eigenvalue weighted by Gasteiger charge is -2.25. The third kappa shape index (κ3) is 9.66. The molecule has 0 bridgehead atoms. The first kappa shape index (κ1) is 28.9. The van der Waals surface area contributed by atoms with Gasteiger partial charge in [0.05, 0.1) is 11.6 Å². The van der Waals surface area contributed by atoms with Crippen LogP contribution in [0, 0.1) is 3.57 Å². The Morgan fingerprint density at radius 2 is 1.66 bits per heavy atom. The Kier molecular flexibility index (Phi) is 11.8. The summed E-state index contributed by atoms with van der Waals surface area (Å²) in [7, 11) is 4.26. The van der Waals surface area contributed by atoms with Gasteiger partial charge in [0, 0.05) is 9.61 Å². The van der Waals surface area contributed by atoms with Gasteiger partial charge < -0.3 is 19.8 Å². The molecule has 8 heteroatoms. The first-order valence-electron chi connectivity index (χ1n) is 11.3. The average molecular weight is 612 g/mol. The average Bonchev–Trinajstić information content (AvgIpc) is 2.77. The van der Waals surface area contributed by atoms with Crippen molar-refractivity contribution < 1.29 is 24.5 Å². The van der Waals surface area contributed by atoms with Crippen LogP contribution in [-0.4, -0.2) is 47.8 Å². The molecule has 0 heterocycles. The van der Waals surface area contributed by atoms with Gasteiger partial charge in [-0.15, -0.1) is 0 Å². The maximum Gasteiger partial charge on any atom is 0.314 e. The maximum absolute atomic E-state index is 9.43. The highest BCUT2D eigenvalue weighted by molar-refractivity contribution is 14.1. The number of aryl methyl sites for hydroxylation is 1. The molecule has 0 fully saturated rings. The molecule has 0 radical (unpaired) electrons. The summed E-state index contributed by atoms with van der Waals surface area (Å²) < 4.78 is 6.85. The number of fused-ring (bicyclic) bond motifs is 1. The number of rotatable bonds is 10. The van der Waals surface area contributed by atoms with Crippen LogP contribution >= 0.6 is 34.2 Å². The van der Waals surface area contributed by atoms with Gasteiger partial charge in [-0.25, -0.2) is 0 Å². The van der Waals surface area contributed by atoms with Gasteiger partial charge in [-0.1, -0.05) is 41.9 Å². The summed E-state index contributed by atoms with van der Waals surface area (Å²) in [6, 6.07) is 20.0. The number of halogens is 2. The minimum Gasteiger partial charge on any atom is -0.492 e. The van der Waals surface area contributed by atoms with E-state index in [1.165, 1.54) is 25.5 Å². The second kappa shape index (κ2) is 14.3. The summed E-state index contributed by atoms with van der Waals surface area (Å²) in [6.07, 6.45) is 2.49. The molecule has 35 heavy (non-hydrogen) atoms. The Labute approximate surface area is 225 Å². The summed E-state index contributed by atoms with van der Waals surface area (Å²) in [5.74, 6) is -1.86. The van der Waals surface area contributed by atoms with E-state index in [0.29, 0.717) is 17.7 Å². The van der Waals surface area contributed by atoms with Crippen molar-refractivity contribution in [3.05, 3.63) is 74.3 Å². The summed E-state index contributed by atoms with van der Waals surface area (Å²) in [5, 5.41) is 18.7. The van der Waals surface area contributed by atoms with E-state index in [0.717, 1.165) is 25.0 Å². The number of hydrogen-bond acceptors (Lipinski definition) is 4. The van der Waals surface area contributed by atoms with Crippen molar-refractivity contribution in [2.45, 2.75) is 38.6 Å². The SMILES string of the molecule is CCOc1ccc(C(CCCc2ccc3cc(I)ccc3c2)N(C)C)cc1Cl.O=C(O)CC(=O)O. The van der Waals surface area contributed by atoms with Crippen LogP contribution in [0.2, 0.25) is 5.02 Å². The highest BCUT2D eigenvalue weighted by atomic mass is 127. The number of benzene rings is 3. The first-order chi connectivity index (χ1) is 16.6. The van der Waals surface area contributed by atoms with Crippen LogP contribution in [0.1, 0.15) is 43.4 Å². The topological polar surface area (TPSA) is 87.1 Å². The molecule has 0 aliphatic carbocycles. The van der Waals surface area contributed by atoms with Gasteiger partial charge in [0.1, 0.15) is 12.2 Å². The standard InChI is InChI=1S/C24H27ClINO.C3H4O4/c1-4-28-24-13-11-20(16-22(24)25)23(27(2)3)7-5-6-17-8-9-19-15-21(26)12-10-18(19)14-17;4-2(5)1-3(6)7/h8-16,23H,4-7H2,1-3H3;1H2,(H,4,5)(H,6,7). The van der Waals surface area contributed by atoms with E-state index in [9.17, 15) is 9.59 Å². The van der Waals surface area contributed by atoms with Gasteiger partial charge in [-0.2, -0.15) is 0 Å². The van der Waals surface area contributed by atoms with Crippen LogP contribution in [0.15, 0.2) is 54.6 Å². The number of carboxylic acid groups (broad SMARTS) is 2. The number of nitrogens with zero attached hydrogens (tertiary/aromatic N) is 1. The third-order valence-electron chi connectivity index (χ3n) is 5.38. The first-order valence-corrected chi connectivity index (χ1v) is 12.8. The lowest BCUT2D eigenvalue weighted by molar-refractivity contribution is -0.147. The minimum absolute atomic E-state index is 0.343. The molecule has 3 aromatic carbocycles. The molecular weight excluding hydrogens is 581 g/mol. The number of hydrogen-bond donors (Lipinski definition) is 2. The molecule has 0 aliphatic rings. The lowest BCUT2D eigenvalue weighted by atomic mass is 9.97. The largest absolute Gasteiger partial charge is 0.492 e. The van der Waals surface area contributed by atoms with Crippen LogP contribution in [-0.2, 0) is 16.0 Å². The second-order valence-electron chi connectivity index (χ2n) is 8.28. The van der Waals surface area contributed by atoms with E-state index in [2.05, 4.69) is 90.1 Å². The van der Waals surface area contributed by atoms with E-state index in [-0.39, 0.29) is 0 Å². The molecule has 6 nitrogen and oxygen atoms in total. The maximum atomic E-state index is 9.43. The van der Waals surface area contributed by atoms with E-state index in [4.69, 9.17) is 26.6 Å². The summed E-state index contributed by atoms with van der Waals surface area (Å²) >= 11 is 8.77. The van der Waals surface area contributed by atoms with Crippen LogP contribution in [0.5, 0.6) is 5.75 Å². The van der Waals surface area contributed by atoms with Crippen LogP contribution in [0.4, 0.5) is 0 Å². The number of ether oxygens (including phenoxy) is 1. The number of carbonyl (C=O) groups is 2. The van der Waals surface area contributed by atoms with E-state index in [1.54, 1.807) is 0 Å². The Morgan fingerprint density at radius 3 is 2.23 bits per heavy atom. The highest BCUT2D eigenvalue weighted by Crippen LogP contribution is 2.32. The summed E-state index contributed by atoms with van der Waals surface area (Å²) in [6.45, 7) is 2.60. The molecule has 0 aromatic heterocycles. The zero-order valence-electron chi connectivity index (χ0n) is 20.1. The lowest BCUT2D eigenvalue weighted by Crippen LogP contribution is -2.20. The van der Waals surface area contributed by atoms with E-state index < -0.39 is 18.4 Å². The van der Waals surface area contributed by atoms with E-state index in [1.807, 2.05) is 13.0 Å². The number of carboxylic acids is 2. The van der Waals surface area contributed by atoms with Gasteiger partial charge in [0.15, 0.2) is 0 Å². The zero-order chi connectivity index (χ0) is 26.0. The molecule has 3 aromatic rings. The third-order valence-corrected chi connectivity index (χ3v) is 6.34. The summed E-state index contributed by atoms with van der Waals surface area (Å²) in [4.78, 5) is 21.1. The molecule has 1 atom stereocenters. The Morgan fingerprint density at radius 1 is 1.00 bits per heavy atom. The van der Waals surface area contributed by atoms with Crippen LogP contribution in [0.3, 0.4) is 0 Å². The molecule has 0 aliphatic heterocycles. The number of aliphatic carboxylic acids is 2. The highest BCUT2D eigenvalue weighted by Gasteiger charge is 2.16. The van der Waals surface area contributed by atoms with E-state index >= 15 is 0 Å². The van der Waals surface area contributed by atoms with Crippen molar-refractivity contribution in [1.82, 2.24) is 4.90 Å². The van der Waals surface area contributed by atoms with Crippen molar-refractivity contribution in [3.63, 3.8) is 0 Å². The molecule has 188 valence electrons. The quantitative estimate of drug-likeness (QED) is 0.197. The molecule has 0 saturated carbocycles. The van der Waals surface area contributed by atoms with Gasteiger partial charge in [0.25, 0.3) is 0 Å². The van der Waals surface area contributed by atoms with Crippen molar-refractivity contribution in [2.24, 2.45) is 0 Å². The molecule has 0 saturated heterocycles. The minimum atomic E-state index is -1.31. The van der Waals surface area contributed by atoms with Crippen molar-refractivity contribution in [2.75, 3.05) is 20.7 Å². The van der Waals surface area contributed by atoms with Gasteiger partial charge in [-0.05, 0) is 109 Å². The molecule has 2 N–H and O–H groups in total. The second-order valence-corrected chi connectivity index (χ2v) is 9.94. The fraction of sp³-hybridized carbons (Fsp3) is 0.333. The summed E-state index contributed by atoms with van der Waals surface area (Å²) in [5.41, 5.74) is 2.64. The Bertz CT molecular complexity index is 1140. The molecule has 3 rings (SSSR count). The van der Waals surface area contributed by atoms with Crippen molar-refractivity contribution in [1.29, 1.82) is 0 Å². The molecule has 1 unspecified atom stereocenters. The van der Waals surface area contributed by atoms with Gasteiger partial charge >= 0.3 is 11.9 Å². The Hall–Kier alpha value is -2.36. The zero-order valence-corrected chi connectivity index (χ0v) is 23.0. The monoisotopic (exact) mass is 611 g/mol. The van der Waals surface area contributed by atoms with Crippen molar-refractivity contribution in [3.8, 4) is 5.75 Å². The van der Waals surface area contributed by atoms with Crippen LogP contribution in [0.25, 0.3) is 10.8 Å². The fourth-order valence-electron chi connectivity index (χ4n) is 3.77. The van der Waals surface area contributed by atoms with Crippen LogP contribution < -0.4 is 4.74 Å².